The number of carbonyl (C=O) groups is 2. The van der Waals surface area contributed by atoms with E-state index in [-0.39, 0.29) is 6.42 Å². The second-order valence-corrected chi connectivity index (χ2v) is 4.17. The molecule has 3 unspecified atom stereocenters. The number of ketones is 2. The second-order valence-electron chi connectivity index (χ2n) is 4.17. The van der Waals surface area contributed by atoms with Gasteiger partial charge in [-0.2, -0.15) is 13.2 Å². The van der Waals surface area contributed by atoms with E-state index in [9.17, 15) is 22.8 Å². The Balaban J connectivity index is 2.13. The van der Waals surface area contributed by atoms with Crippen LogP contribution in [0, 0.1) is 5.92 Å². The van der Waals surface area contributed by atoms with E-state index in [2.05, 4.69) is 0 Å². The summed E-state index contributed by atoms with van der Waals surface area (Å²) in [5.41, 5.74) is -0.612. The molecule has 1 saturated carbocycles. The monoisotopic (exact) mass is 222 g/mol. The van der Waals surface area contributed by atoms with Crippen LogP contribution in [0.5, 0.6) is 0 Å². The first-order chi connectivity index (χ1) is 6.76. The van der Waals surface area contributed by atoms with Crippen LogP contribution in [0.25, 0.3) is 0 Å². The molecular formula is C9H9F3O3. The Hall–Kier alpha value is -0.910. The van der Waals surface area contributed by atoms with Crippen LogP contribution >= 0.6 is 0 Å². The predicted molar refractivity (Wildman–Crippen MR) is 42.1 cm³/mol. The Morgan fingerprint density at radius 2 is 2.13 bits per heavy atom. The lowest BCUT2D eigenvalue weighted by Crippen LogP contribution is -2.41. The Morgan fingerprint density at radius 1 is 1.53 bits per heavy atom. The number of ether oxygens (including phenoxy) is 1. The Labute approximate surface area is 83.6 Å². The van der Waals surface area contributed by atoms with Crippen LogP contribution in [0.15, 0.2) is 0 Å². The molecule has 0 bridgehead atoms. The zero-order valence-corrected chi connectivity index (χ0v) is 7.93. The molecule has 2 rings (SSSR count). The topological polar surface area (TPSA) is 46.7 Å². The maximum Gasteiger partial charge on any atom is 0.450 e. The van der Waals surface area contributed by atoms with Gasteiger partial charge >= 0.3 is 6.18 Å². The van der Waals surface area contributed by atoms with Crippen LogP contribution in [0.3, 0.4) is 0 Å². The summed E-state index contributed by atoms with van der Waals surface area (Å²) in [6.07, 6.45) is -5.47. The van der Waals surface area contributed by atoms with Crippen molar-refractivity contribution in [3.63, 3.8) is 0 Å². The maximum atomic E-state index is 12.1. The number of Topliss-reactive ketones (excluding diaryl/α,β-unsaturated/α-hetero) is 2. The molecule has 3 atom stereocenters. The van der Waals surface area contributed by atoms with Crippen LogP contribution in [0.1, 0.15) is 19.8 Å². The third-order valence-electron chi connectivity index (χ3n) is 3.01. The van der Waals surface area contributed by atoms with E-state index in [1.807, 2.05) is 0 Å². The van der Waals surface area contributed by atoms with Crippen LogP contribution in [-0.4, -0.2) is 29.4 Å². The highest BCUT2D eigenvalue weighted by molar-refractivity contribution is 6.08. The van der Waals surface area contributed by atoms with Gasteiger partial charge in [0.25, 0.3) is 0 Å². The van der Waals surface area contributed by atoms with Crippen LogP contribution < -0.4 is 0 Å². The lowest BCUT2D eigenvalue weighted by atomic mass is 9.79. The Morgan fingerprint density at radius 3 is 2.67 bits per heavy atom. The number of halogens is 3. The molecule has 15 heavy (non-hydrogen) atoms. The minimum Gasteiger partial charge on any atom is -0.358 e. The van der Waals surface area contributed by atoms with Gasteiger partial charge < -0.3 is 4.74 Å². The van der Waals surface area contributed by atoms with Gasteiger partial charge in [0, 0.05) is 0 Å². The standard InChI is InChI=1S/C9H9F3O3/c1-8-3-2-4(5(13)7(8)15-8)6(14)9(10,11)12/h4,7H,2-3H2,1H3. The number of carbonyl (C=O) groups excluding carboxylic acids is 2. The molecule has 0 aromatic heterocycles. The molecule has 0 amide bonds. The molecule has 0 radical (unpaired) electrons. The lowest BCUT2D eigenvalue weighted by molar-refractivity contribution is -0.177. The number of hydrogen-bond acceptors (Lipinski definition) is 3. The number of rotatable bonds is 1. The van der Waals surface area contributed by atoms with Gasteiger partial charge in [-0.15, -0.1) is 0 Å². The van der Waals surface area contributed by atoms with Crippen LogP contribution in [0.2, 0.25) is 0 Å². The van der Waals surface area contributed by atoms with Crippen molar-refractivity contribution in [1.82, 2.24) is 0 Å². The molecule has 0 aromatic carbocycles. The third-order valence-corrected chi connectivity index (χ3v) is 3.01. The van der Waals surface area contributed by atoms with Gasteiger partial charge in [-0.1, -0.05) is 0 Å². The summed E-state index contributed by atoms with van der Waals surface area (Å²) in [5, 5.41) is 0. The fraction of sp³-hybridized carbons (Fsp3) is 0.778. The van der Waals surface area contributed by atoms with Crippen molar-refractivity contribution in [3.8, 4) is 0 Å². The summed E-state index contributed by atoms with van der Waals surface area (Å²) < 4.78 is 41.3. The lowest BCUT2D eigenvalue weighted by Gasteiger charge is -2.20. The zero-order valence-electron chi connectivity index (χ0n) is 7.93. The molecule has 1 aliphatic heterocycles. The van der Waals surface area contributed by atoms with E-state index in [1.54, 1.807) is 6.92 Å². The fourth-order valence-electron chi connectivity index (χ4n) is 2.00. The Kier molecular flexibility index (Phi) is 1.99. The molecular weight excluding hydrogens is 213 g/mol. The van der Waals surface area contributed by atoms with Crippen LogP contribution in [0.4, 0.5) is 13.2 Å². The summed E-state index contributed by atoms with van der Waals surface area (Å²) >= 11 is 0. The van der Waals surface area contributed by atoms with Gasteiger partial charge in [-0.05, 0) is 19.8 Å². The molecule has 1 saturated heterocycles. The van der Waals surface area contributed by atoms with Crippen molar-refractivity contribution in [3.05, 3.63) is 0 Å². The van der Waals surface area contributed by atoms with Crippen molar-refractivity contribution >= 4 is 11.6 Å². The van der Waals surface area contributed by atoms with E-state index in [0.717, 1.165) is 0 Å². The summed E-state index contributed by atoms with van der Waals surface area (Å²) in [6, 6.07) is 0. The average molecular weight is 222 g/mol. The smallest absolute Gasteiger partial charge is 0.358 e. The summed E-state index contributed by atoms with van der Waals surface area (Å²) in [7, 11) is 0. The van der Waals surface area contributed by atoms with E-state index in [4.69, 9.17) is 4.74 Å². The molecule has 84 valence electrons. The number of hydrogen-bond donors (Lipinski definition) is 0. The highest BCUT2D eigenvalue weighted by Crippen LogP contribution is 2.48. The van der Waals surface area contributed by atoms with E-state index < -0.39 is 35.4 Å². The summed E-state index contributed by atoms with van der Waals surface area (Å²) in [6.45, 7) is 1.67. The number of epoxide rings is 1. The summed E-state index contributed by atoms with van der Waals surface area (Å²) in [5.74, 6) is -4.21. The van der Waals surface area contributed by atoms with Crippen molar-refractivity contribution in [2.75, 3.05) is 0 Å². The first-order valence-corrected chi connectivity index (χ1v) is 4.58. The first kappa shape index (κ1) is 10.6. The quantitative estimate of drug-likeness (QED) is 0.495. The van der Waals surface area contributed by atoms with Gasteiger partial charge in [0.15, 0.2) is 5.78 Å². The van der Waals surface area contributed by atoms with Gasteiger partial charge in [-0.25, -0.2) is 0 Å². The molecule has 0 N–H and O–H groups in total. The largest absolute Gasteiger partial charge is 0.450 e. The van der Waals surface area contributed by atoms with E-state index in [0.29, 0.717) is 6.42 Å². The molecule has 0 aromatic rings. The van der Waals surface area contributed by atoms with E-state index in [1.165, 1.54) is 0 Å². The molecule has 1 aliphatic carbocycles. The fourth-order valence-corrected chi connectivity index (χ4v) is 2.00. The normalized spacial score (nSPS) is 39.9. The second kappa shape index (κ2) is 2.81. The average Bonchev–Trinajstić information content (AvgIpc) is 2.77. The van der Waals surface area contributed by atoms with E-state index >= 15 is 0 Å². The molecule has 2 fully saturated rings. The SMILES string of the molecule is CC12CCC(C(=O)C(F)(F)F)C(=O)C1O2. The van der Waals surface area contributed by atoms with Gasteiger partial charge in [0.05, 0.1) is 11.5 Å². The third kappa shape index (κ3) is 1.56. The minimum absolute atomic E-state index is 0.0653. The predicted octanol–water partition coefficient (Wildman–Crippen LogP) is 1.25. The van der Waals surface area contributed by atoms with Gasteiger partial charge in [0.1, 0.15) is 6.10 Å². The van der Waals surface area contributed by atoms with Gasteiger partial charge in [-0.3, -0.25) is 9.59 Å². The Bertz CT molecular complexity index is 336. The van der Waals surface area contributed by atoms with Crippen molar-refractivity contribution in [1.29, 1.82) is 0 Å². The summed E-state index contributed by atoms with van der Waals surface area (Å²) in [4.78, 5) is 22.3. The highest BCUT2D eigenvalue weighted by Gasteiger charge is 2.63. The maximum absolute atomic E-state index is 12.1. The number of alkyl halides is 3. The first-order valence-electron chi connectivity index (χ1n) is 4.58. The zero-order chi connectivity index (χ0) is 11.4. The van der Waals surface area contributed by atoms with Crippen LogP contribution in [-0.2, 0) is 14.3 Å². The molecule has 0 spiro atoms. The van der Waals surface area contributed by atoms with Crippen molar-refractivity contribution in [2.45, 2.75) is 37.6 Å². The molecule has 3 nitrogen and oxygen atoms in total. The minimum atomic E-state index is -4.93. The van der Waals surface area contributed by atoms with Gasteiger partial charge in [0.2, 0.25) is 5.78 Å². The van der Waals surface area contributed by atoms with Crippen molar-refractivity contribution in [2.24, 2.45) is 5.92 Å². The molecule has 6 heteroatoms. The van der Waals surface area contributed by atoms with Crippen molar-refractivity contribution < 1.29 is 27.5 Å². The molecule has 2 aliphatic rings. The molecule has 1 heterocycles. The highest BCUT2D eigenvalue weighted by atomic mass is 19.4. The number of fused-ring (bicyclic) bond motifs is 1.